The van der Waals surface area contributed by atoms with Crippen molar-refractivity contribution in [1.29, 1.82) is 0 Å². The van der Waals surface area contributed by atoms with E-state index in [4.69, 9.17) is 10.7 Å². The van der Waals surface area contributed by atoms with Gasteiger partial charge in [0.2, 0.25) is 0 Å². The fourth-order valence-corrected chi connectivity index (χ4v) is 3.08. The maximum atomic E-state index is 5.86. The Balaban J connectivity index is 2.00. The summed E-state index contributed by atoms with van der Waals surface area (Å²) in [6, 6.07) is 30.8. The number of nitrogen functional groups attached to an aromatic ring is 1. The zero-order chi connectivity index (χ0) is 17.1. The van der Waals surface area contributed by atoms with Crippen LogP contribution in [0.3, 0.4) is 0 Å². The van der Waals surface area contributed by atoms with E-state index in [1.54, 1.807) is 0 Å². The molecule has 0 unspecified atom stereocenters. The Morgan fingerprint density at radius 3 is 1.80 bits per heavy atom. The minimum absolute atomic E-state index is 0.766. The van der Waals surface area contributed by atoms with Crippen molar-refractivity contribution in [2.45, 2.75) is 0 Å². The van der Waals surface area contributed by atoms with Gasteiger partial charge in [-0.25, -0.2) is 0 Å². The Kier molecular flexibility index (Phi) is 4.01. The smallest absolute Gasteiger partial charge is 0.0786 e. The maximum Gasteiger partial charge on any atom is 0.0786 e. The lowest BCUT2D eigenvalue weighted by atomic mass is 9.91. The number of nitrogens with zero attached hydrogens (tertiary/aromatic N) is 1. The van der Waals surface area contributed by atoms with Crippen LogP contribution in [-0.4, -0.2) is 4.98 Å². The van der Waals surface area contributed by atoms with Crippen LogP contribution in [0, 0.1) is 0 Å². The fourth-order valence-electron chi connectivity index (χ4n) is 3.08. The topological polar surface area (TPSA) is 38.9 Å². The molecule has 0 saturated carbocycles. The van der Waals surface area contributed by atoms with Crippen molar-refractivity contribution >= 4 is 5.69 Å². The van der Waals surface area contributed by atoms with Crippen LogP contribution in [-0.2, 0) is 0 Å². The molecular formula is C23H18N2. The lowest BCUT2D eigenvalue weighted by Crippen LogP contribution is -1.93. The van der Waals surface area contributed by atoms with Crippen molar-refractivity contribution in [2.24, 2.45) is 0 Å². The molecule has 0 amide bonds. The van der Waals surface area contributed by atoms with Crippen LogP contribution in [0.1, 0.15) is 0 Å². The van der Waals surface area contributed by atoms with Gasteiger partial charge in [0.05, 0.1) is 5.69 Å². The van der Waals surface area contributed by atoms with Crippen molar-refractivity contribution < 1.29 is 0 Å². The van der Waals surface area contributed by atoms with Crippen molar-refractivity contribution in [3.8, 4) is 33.5 Å². The lowest BCUT2D eigenvalue weighted by Gasteiger charge is -2.15. The van der Waals surface area contributed by atoms with E-state index < -0.39 is 0 Å². The van der Waals surface area contributed by atoms with Gasteiger partial charge >= 0.3 is 0 Å². The summed E-state index contributed by atoms with van der Waals surface area (Å²) >= 11 is 0. The summed E-state index contributed by atoms with van der Waals surface area (Å²) in [7, 11) is 0. The summed E-state index contributed by atoms with van der Waals surface area (Å²) in [5.41, 5.74) is 13.3. The molecule has 4 aromatic rings. The standard InChI is InChI=1S/C23H18N2/c24-20-13-11-17(12-14-20)21-15-16-25-23(19-9-5-2-6-10-19)22(21)18-7-3-1-4-8-18/h1-16H,24H2. The van der Waals surface area contributed by atoms with Crippen LogP contribution in [0.15, 0.2) is 97.2 Å². The highest BCUT2D eigenvalue weighted by atomic mass is 14.7. The molecule has 0 radical (unpaired) electrons. The van der Waals surface area contributed by atoms with Gasteiger partial charge in [0, 0.05) is 23.0 Å². The first kappa shape index (κ1) is 15.2. The Morgan fingerprint density at radius 2 is 1.16 bits per heavy atom. The van der Waals surface area contributed by atoms with Gasteiger partial charge in [-0.2, -0.15) is 0 Å². The number of nitrogens with two attached hydrogens (primary N) is 1. The average molecular weight is 322 g/mol. The van der Waals surface area contributed by atoms with E-state index in [2.05, 4.69) is 54.6 Å². The second kappa shape index (κ2) is 6.62. The molecule has 2 nitrogen and oxygen atoms in total. The summed E-state index contributed by atoms with van der Waals surface area (Å²) in [5, 5.41) is 0. The SMILES string of the molecule is Nc1ccc(-c2ccnc(-c3ccccc3)c2-c2ccccc2)cc1. The molecule has 120 valence electrons. The predicted molar refractivity (Wildman–Crippen MR) is 105 cm³/mol. The predicted octanol–water partition coefficient (Wildman–Crippen LogP) is 5.66. The second-order valence-electron chi connectivity index (χ2n) is 5.94. The Morgan fingerprint density at radius 1 is 0.560 bits per heavy atom. The van der Waals surface area contributed by atoms with Crippen molar-refractivity contribution in [3.63, 3.8) is 0 Å². The number of rotatable bonds is 3. The van der Waals surface area contributed by atoms with E-state index in [-0.39, 0.29) is 0 Å². The molecule has 0 fully saturated rings. The zero-order valence-corrected chi connectivity index (χ0v) is 13.8. The van der Waals surface area contributed by atoms with Gasteiger partial charge in [-0.3, -0.25) is 4.98 Å². The molecule has 0 aliphatic rings. The van der Waals surface area contributed by atoms with E-state index in [1.165, 1.54) is 0 Å². The molecule has 0 spiro atoms. The fraction of sp³-hybridized carbons (Fsp3) is 0. The first-order valence-electron chi connectivity index (χ1n) is 8.29. The third-order valence-electron chi connectivity index (χ3n) is 4.28. The average Bonchev–Trinajstić information content (AvgIpc) is 2.69. The molecule has 0 aliphatic heterocycles. The van der Waals surface area contributed by atoms with E-state index in [1.807, 2.05) is 42.6 Å². The quantitative estimate of drug-likeness (QED) is 0.494. The van der Waals surface area contributed by atoms with Gasteiger partial charge in [-0.15, -0.1) is 0 Å². The normalized spacial score (nSPS) is 10.6. The highest BCUT2D eigenvalue weighted by Gasteiger charge is 2.14. The van der Waals surface area contributed by atoms with Gasteiger partial charge in [0.25, 0.3) is 0 Å². The van der Waals surface area contributed by atoms with Gasteiger partial charge in [-0.1, -0.05) is 72.8 Å². The van der Waals surface area contributed by atoms with Crippen LogP contribution in [0.25, 0.3) is 33.5 Å². The third-order valence-corrected chi connectivity index (χ3v) is 4.28. The molecule has 1 heterocycles. The van der Waals surface area contributed by atoms with E-state index in [0.717, 1.165) is 39.2 Å². The number of aromatic nitrogens is 1. The van der Waals surface area contributed by atoms with Crippen LogP contribution in [0.4, 0.5) is 5.69 Å². The summed E-state index contributed by atoms with van der Waals surface area (Å²) in [4.78, 5) is 4.70. The summed E-state index contributed by atoms with van der Waals surface area (Å²) in [5.74, 6) is 0. The molecule has 0 atom stereocenters. The number of pyridine rings is 1. The Hall–Kier alpha value is -3.39. The van der Waals surface area contributed by atoms with Gasteiger partial charge in [0.15, 0.2) is 0 Å². The summed E-state index contributed by atoms with van der Waals surface area (Å²) in [6.07, 6.45) is 1.88. The lowest BCUT2D eigenvalue weighted by molar-refractivity contribution is 1.32. The number of benzene rings is 3. The molecule has 0 aliphatic carbocycles. The summed E-state index contributed by atoms with van der Waals surface area (Å²) in [6.45, 7) is 0. The van der Waals surface area contributed by atoms with E-state index in [0.29, 0.717) is 0 Å². The largest absolute Gasteiger partial charge is 0.399 e. The molecule has 2 N–H and O–H groups in total. The molecule has 0 bridgehead atoms. The van der Waals surface area contributed by atoms with Crippen LogP contribution >= 0.6 is 0 Å². The molecule has 0 saturated heterocycles. The number of hydrogen-bond acceptors (Lipinski definition) is 2. The van der Waals surface area contributed by atoms with Gasteiger partial charge in [-0.05, 0) is 34.9 Å². The van der Waals surface area contributed by atoms with Crippen LogP contribution < -0.4 is 5.73 Å². The van der Waals surface area contributed by atoms with E-state index in [9.17, 15) is 0 Å². The number of anilines is 1. The summed E-state index contributed by atoms with van der Waals surface area (Å²) < 4.78 is 0. The first-order valence-corrected chi connectivity index (χ1v) is 8.29. The monoisotopic (exact) mass is 322 g/mol. The minimum atomic E-state index is 0.766. The van der Waals surface area contributed by atoms with Gasteiger partial charge in [0.1, 0.15) is 0 Å². The molecular weight excluding hydrogens is 304 g/mol. The minimum Gasteiger partial charge on any atom is -0.399 e. The zero-order valence-electron chi connectivity index (χ0n) is 13.8. The molecule has 1 aromatic heterocycles. The molecule has 25 heavy (non-hydrogen) atoms. The van der Waals surface area contributed by atoms with E-state index >= 15 is 0 Å². The highest BCUT2D eigenvalue weighted by Crippen LogP contribution is 2.38. The molecule has 2 heteroatoms. The van der Waals surface area contributed by atoms with Crippen LogP contribution in [0.2, 0.25) is 0 Å². The first-order chi connectivity index (χ1) is 12.3. The second-order valence-corrected chi connectivity index (χ2v) is 5.94. The Bertz CT molecular complexity index is 975. The van der Waals surface area contributed by atoms with Crippen LogP contribution in [0.5, 0.6) is 0 Å². The highest BCUT2D eigenvalue weighted by molar-refractivity contribution is 5.92. The van der Waals surface area contributed by atoms with Crippen molar-refractivity contribution in [1.82, 2.24) is 4.98 Å². The Labute approximate surface area is 147 Å². The maximum absolute atomic E-state index is 5.86. The van der Waals surface area contributed by atoms with Gasteiger partial charge < -0.3 is 5.73 Å². The molecule has 3 aromatic carbocycles. The van der Waals surface area contributed by atoms with Crippen molar-refractivity contribution in [3.05, 3.63) is 97.2 Å². The third kappa shape index (κ3) is 3.02. The van der Waals surface area contributed by atoms with Crippen molar-refractivity contribution in [2.75, 3.05) is 5.73 Å². The number of hydrogen-bond donors (Lipinski definition) is 1. The molecule has 4 rings (SSSR count).